The van der Waals surface area contributed by atoms with Crippen LogP contribution in [0.2, 0.25) is 0 Å². The number of benzene rings is 3. The van der Waals surface area contributed by atoms with Crippen LogP contribution < -0.4 is 0 Å². The van der Waals surface area contributed by atoms with Crippen LogP contribution in [-0.2, 0) is 0 Å². The number of rotatable bonds is 2. The first-order chi connectivity index (χ1) is 15.6. The van der Waals surface area contributed by atoms with Crippen LogP contribution in [0, 0.1) is 20.8 Å². The van der Waals surface area contributed by atoms with Crippen LogP contribution in [0.25, 0.3) is 55.2 Å². The SMILES string of the molecule is Cc1ccc2c(n1)oc1c(-c3cc(-c4cc5ccccc5cc4C)c(C)cn3)cccc12. The van der Waals surface area contributed by atoms with E-state index in [0.29, 0.717) is 5.71 Å². The maximum absolute atomic E-state index is 6.22. The Balaban J connectivity index is 1.58. The molecule has 0 saturated carbocycles. The lowest BCUT2D eigenvalue weighted by atomic mass is 9.93. The van der Waals surface area contributed by atoms with Gasteiger partial charge in [-0.15, -0.1) is 0 Å². The molecular weight excluding hydrogens is 392 g/mol. The molecule has 6 rings (SSSR count). The summed E-state index contributed by atoms with van der Waals surface area (Å²) in [7, 11) is 0. The zero-order valence-corrected chi connectivity index (χ0v) is 18.3. The Kier molecular flexibility index (Phi) is 4.12. The average molecular weight is 415 g/mol. The van der Waals surface area contributed by atoms with Crippen molar-refractivity contribution in [1.29, 1.82) is 0 Å². The zero-order valence-electron chi connectivity index (χ0n) is 18.3. The van der Waals surface area contributed by atoms with Gasteiger partial charge in [-0.05, 0) is 84.1 Å². The largest absolute Gasteiger partial charge is 0.437 e. The summed E-state index contributed by atoms with van der Waals surface area (Å²) in [6.45, 7) is 6.28. The van der Waals surface area contributed by atoms with E-state index in [2.05, 4.69) is 85.6 Å². The standard InChI is InChI=1S/C29H22N2O/c1-17-13-20-7-4-5-8-21(20)14-25(17)26-15-27(30-16-18(26)2)24-10-6-9-22-23-12-11-19(3)31-29(23)32-28(22)24/h4-16H,1-3H3. The van der Waals surface area contributed by atoms with Crippen molar-refractivity contribution in [3.05, 3.63) is 95.8 Å². The molecule has 0 spiro atoms. The van der Waals surface area contributed by atoms with E-state index in [1.54, 1.807) is 0 Å². The van der Waals surface area contributed by atoms with Crippen LogP contribution in [0.5, 0.6) is 0 Å². The number of hydrogen-bond donors (Lipinski definition) is 0. The Hall–Kier alpha value is -3.98. The van der Waals surface area contributed by atoms with Crippen LogP contribution in [0.3, 0.4) is 0 Å². The van der Waals surface area contributed by atoms with Crippen LogP contribution >= 0.6 is 0 Å². The molecule has 0 unspecified atom stereocenters. The number of aromatic nitrogens is 2. The second kappa shape index (κ2) is 7.03. The van der Waals surface area contributed by atoms with Gasteiger partial charge in [0.25, 0.3) is 0 Å². The van der Waals surface area contributed by atoms with Gasteiger partial charge in [-0.25, -0.2) is 4.98 Å². The molecule has 3 nitrogen and oxygen atoms in total. The second-order valence-corrected chi connectivity index (χ2v) is 8.49. The molecule has 0 bridgehead atoms. The lowest BCUT2D eigenvalue weighted by Crippen LogP contribution is -1.92. The van der Waals surface area contributed by atoms with Crippen molar-refractivity contribution in [2.75, 3.05) is 0 Å². The normalized spacial score (nSPS) is 11.6. The molecule has 154 valence electrons. The second-order valence-electron chi connectivity index (χ2n) is 8.49. The van der Waals surface area contributed by atoms with Gasteiger partial charge in [0.2, 0.25) is 5.71 Å². The highest BCUT2D eigenvalue weighted by atomic mass is 16.3. The number of nitrogens with zero attached hydrogens (tertiary/aromatic N) is 2. The third-order valence-corrected chi connectivity index (χ3v) is 6.27. The number of aryl methyl sites for hydroxylation is 3. The molecule has 32 heavy (non-hydrogen) atoms. The average Bonchev–Trinajstić information content (AvgIpc) is 3.17. The summed E-state index contributed by atoms with van der Waals surface area (Å²) in [6, 6.07) is 25.6. The molecule has 0 amide bonds. The van der Waals surface area contributed by atoms with E-state index >= 15 is 0 Å². The van der Waals surface area contributed by atoms with Crippen molar-refractivity contribution < 1.29 is 4.42 Å². The zero-order chi connectivity index (χ0) is 21.8. The quantitative estimate of drug-likeness (QED) is 0.290. The summed E-state index contributed by atoms with van der Waals surface area (Å²) in [5.74, 6) is 0. The molecule has 0 atom stereocenters. The van der Waals surface area contributed by atoms with Gasteiger partial charge in [0, 0.05) is 28.2 Å². The van der Waals surface area contributed by atoms with Crippen LogP contribution in [0.1, 0.15) is 16.8 Å². The van der Waals surface area contributed by atoms with Gasteiger partial charge in [-0.1, -0.05) is 42.5 Å². The predicted octanol–water partition coefficient (Wildman–Crippen LogP) is 7.79. The van der Waals surface area contributed by atoms with Gasteiger partial charge in [-0.3, -0.25) is 4.98 Å². The minimum atomic E-state index is 0.671. The Morgan fingerprint density at radius 1 is 0.656 bits per heavy atom. The Morgan fingerprint density at radius 3 is 2.28 bits per heavy atom. The molecule has 6 aromatic rings. The Bertz CT molecular complexity index is 1660. The van der Waals surface area contributed by atoms with Crippen molar-refractivity contribution >= 4 is 32.8 Å². The molecule has 0 radical (unpaired) electrons. The topological polar surface area (TPSA) is 38.9 Å². The molecule has 0 N–H and O–H groups in total. The van der Waals surface area contributed by atoms with Crippen LogP contribution in [-0.4, -0.2) is 9.97 Å². The maximum Gasteiger partial charge on any atom is 0.227 e. The van der Waals surface area contributed by atoms with E-state index in [0.717, 1.165) is 38.9 Å². The molecule has 3 heteroatoms. The predicted molar refractivity (Wildman–Crippen MR) is 132 cm³/mol. The number of para-hydroxylation sites is 1. The monoisotopic (exact) mass is 414 g/mol. The van der Waals surface area contributed by atoms with Gasteiger partial charge in [0.1, 0.15) is 5.58 Å². The van der Waals surface area contributed by atoms with E-state index in [4.69, 9.17) is 9.40 Å². The lowest BCUT2D eigenvalue weighted by Gasteiger charge is -2.13. The third-order valence-electron chi connectivity index (χ3n) is 6.27. The van der Waals surface area contributed by atoms with Gasteiger partial charge >= 0.3 is 0 Å². The number of fused-ring (bicyclic) bond motifs is 4. The summed E-state index contributed by atoms with van der Waals surface area (Å²) >= 11 is 0. The summed E-state index contributed by atoms with van der Waals surface area (Å²) in [4.78, 5) is 9.36. The van der Waals surface area contributed by atoms with E-state index in [1.165, 1.54) is 27.5 Å². The lowest BCUT2D eigenvalue weighted by molar-refractivity contribution is 0.653. The fraction of sp³-hybridized carbons (Fsp3) is 0.103. The van der Waals surface area contributed by atoms with E-state index < -0.39 is 0 Å². The highest BCUT2D eigenvalue weighted by Crippen LogP contribution is 2.37. The Labute approximate surface area is 186 Å². The van der Waals surface area contributed by atoms with Crippen LogP contribution in [0.4, 0.5) is 0 Å². The van der Waals surface area contributed by atoms with Gasteiger partial charge in [0.05, 0.1) is 5.69 Å². The molecular formula is C29H22N2O. The van der Waals surface area contributed by atoms with Gasteiger partial charge in [-0.2, -0.15) is 0 Å². The number of furan rings is 1. The fourth-order valence-electron chi connectivity index (χ4n) is 4.58. The molecule has 3 heterocycles. The van der Waals surface area contributed by atoms with Gasteiger partial charge < -0.3 is 4.42 Å². The smallest absolute Gasteiger partial charge is 0.227 e. The highest BCUT2D eigenvalue weighted by molar-refractivity contribution is 6.08. The molecule has 0 fully saturated rings. The van der Waals surface area contributed by atoms with Crippen molar-refractivity contribution in [2.45, 2.75) is 20.8 Å². The Morgan fingerprint density at radius 2 is 1.44 bits per heavy atom. The molecule has 0 aliphatic carbocycles. The highest BCUT2D eigenvalue weighted by Gasteiger charge is 2.16. The first-order valence-electron chi connectivity index (χ1n) is 10.8. The summed E-state index contributed by atoms with van der Waals surface area (Å²) in [5.41, 5.74) is 9.17. The fourth-order valence-corrected chi connectivity index (χ4v) is 4.58. The molecule has 3 aromatic carbocycles. The van der Waals surface area contributed by atoms with Crippen molar-refractivity contribution in [3.8, 4) is 22.4 Å². The molecule has 0 aliphatic heterocycles. The molecule has 3 aromatic heterocycles. The van der Waals surface area contributed by atoms with Crippen molar-refractivity contribution in [3.63, 3.8) is 0 Å². The van der Waals surface area contributed by atoms with E-state index in [1.807, 2.05) is 19.2 Å². The maximum atomic E-state index is 6.22. The minimum absolute atomic E-state index is 0.671. The number of hydrogen-bond acceptors (Lipinski definition) is 3. The summed E-state index contributed by atoms with van der Waals surface area (Å²) < 4.78 is 6.22. The van der Waals surface area contributed by atoms with Crippen molar-refractivity contribution in [1.82, 2.24) is 9.97 Å². The van der Waals surface area contributed by atoms with Crippen LogP contribution in [0.15, 0.2) is 83.4 Å². The summed E-state index contributed by atoms with van der Waals surface area (Å²) in [5, 5.41) is 4.60. The summed E-state index contributed by atoms with van der Waals surface area (Å²) in [6.07, 6.45) is 1.96. The molecule has 0 aliphatic rings. The van der Waals surface area contributed by atoms with Gasteiger partial charge in [0.15, 0.2) is 0 Å². The van der Waals surface area contributed by atoms with Crippen molar-refractivity contribution in [2.24, 2.45) is 0 Å². The molecule has 0 saturated heterocycles. The minimum Gasteiger partial charge on any atom is -0.437 e. The van der Waals surface area contributed by atoms with E-state index in [9.17, 15) is 0 Å². The first-order valence-corrected chi connectivity index (χ1v) is 10.8. The third kappa shape index (κ3) is 2.89. The number of pyridine rings is 2. The van der Waals surface area contributed by atoms with E-state index in [-0.39, 0.29) is 0 Å². The first kappa shape index (κ1) is 18.8.